The Morgan fingerprint density at radius 3 is 2.09 bits per heavy atom. The van der Waals surface area contributed by atoms with Gasteiger partial charge in [0.15, 0.2) is 0 Å². The summed E-state index contributed by atoms with van der Waals surface area (Å²) in [5, 5.41) is 7.43. The number of amides is 3. The van der Waals surface area contributed by atoms with E-state index in [1.807, 2.05) is 27.7 Å². The molecule has 0 saturated carbocycles. The molecule has 3 amide bonds. The zero-order chi connectivity index (χ0) is 26.3. The molecule has 2 aromatic rings. The molecule has 0 bridgehead atoms. The van der Waals surface area contributed by atoms with E-state index < -0.39 is 29.1 Å². The van der Waals surface area contributed by atoms with E-state index in [4.69, 9.17) is 4.74 Å². The Kier molecular flexibility index (Phi) is 9.22. The van der Waals surface area contributed by atoms with Gasteiger partial charge in [-0.25, -0.2) is 4.79 Å². The van der Waals surface area contributed by atoms with Crippen LogP contribution in [0.2, 0.25) is 0 Å². The van der Waals surface area contributed by atoms with Gasteiger partial charge in [0.1, 0.15) is 17.8 Å². The summed E-state index contributed by atoms with van der Waals surface area (Å²) in [7, 11) is 0. The maximum absolute atomic E-state index is 12.8. The lowest BCUT2D eigenvalue weighted by Gasteiger charge is -2.19. The number of hydrogen-bond donors (Lipinski definition) is 4. The third-order valence-corrected chi connectivity index (χ3v) is 5.17. The van der Waals surface area contributed by atoms with Crippen LogP contribution in [0.4, 0.5) is 10.5 Å². The minimum absolute atomic E-state index is 0.178. The van der Waals surface area contributed by atoms with Crippen LogP contribution in [0.15, 0.2) is 23.0 Å². The summed E-state index contributed by atoms with van der Waals surface area (Å²) >= 11 is 0. The molecule has 0 fully saturated rings. The molecule has 0 radical (unpaired) electrons. The highest BCUT2D eigenvalue weighted by Crippen LogP contribution is 2.24. The Bertz CT molecular complexity index is 1140. The first kappa shape index (κ1) is 27.6. The van der Waals surface area contributed by atoms with Crippen molar-refractivity contribution in [2.75, 3.05) is 18.4 Å². The van der Waals surface area contributed by atoms with Crippen LogP contribution in [0, 0.1) is 20.8 Å². The SMILES string of the molecule is CCc1c(C)[nH]c(=O)c(NC(=O)CNC(=O)CNC(=O)OC(C)(C)C)c1Cc1cc(C)cc(C)c1. The number of hydrogen-bond acceptors (Lipinski definition) is 5. The number of pyridine rings is 1. The Morgan fingerprint density at radius 2 is 1.51 bits per heavy atom. The van der Waals surface area contributed by atoms with Crippen molar-refractivity contribution in [1.29, 1.82) is 0 Å². The van der Waals surface area contributed by atoms with Gasteiger partial charge in [-0.1, -0.05) is 36.2 Å². The van der Waals surface area contributed by atoms with Crippen LogP contribution in [0.5, 0.6) is 0 Å². The van der Waals surface area contributed by atoms with Gasteiger partial charge in [-0.2, -0.15) is 0 Å². The topological polar surface area (TPSA) is 129 Å². The molecule has 9 heteroatoms. The number of aromatic nitrogens is 1. The molecule has 1 heterocycles. The minimum Gasteiger partial charge on any atom is -0.444 e. The molecule has 0 unspecified atom stereocenters. The van der Waals surface area contributed by atoms with Crippen molar-refractivity contribution in [1.82, 2.24) is 15.6 Å². The predicted octanol–water partition coefficient (Wildman–Crippen LogP) is 3.03. The Hall–Kier alpha value is -3.62. The lowest BCUT2D eigenvalue weighted by atomic mass is 9.94. The molecule has 0 aliphatic heterocycles. The number of aromatic amines is 1. The van der Waals surface area contributed by atoms with E-state index >= 15 is 0 Å². The van der Waals surface area contributed by atoms with Crippen molar-refractivity contribution in [3.63, 3.8) is 0 Å². The van der Waals surface area contributed by atoms with E-state index in [0.717, 1.165) is 33.5 Å². The second-order valence-electron chi connectivity index (χ2n) is 9.62. The summed E-state index contributed by atoms with van der Waals surface area (Å²) in [6, 6.07) is 6.20. The third kappa shape index (κ3) is 8.59. The van der Waals surface area contributed by atoms with Crippen molar-refractivity contribution in [3.05, 3.63) is 62.1 Å². The molecule has 0 spiro atoms. The van der Waals surface area contributed by atoms with Crippen LogP contribution in [0.3, 0.4) is 0 Å². The van der Waals surface area contributed by atoms with E-state index in [2.05, 4.69) is 39.1 Å². The zero-order valence-electron chi connectivity index (χ0n) is 21.6. The molecular weight excluding hydrogens is 448 g/mol. The van der Waals surface area contributed by atoms with Gasteiger partial charge < -0.3 is 25.7 Å². The Balaban J connectivity index is 2.13. The quantitative estimate of drug-likeness (QED) is 0.458. The number of benzene rings is 1. The number of nitrogens with one attached hydrogen (secondary N) is 4. The summed E-state index contributed by atoms with van der Waals surface area (Å²) in [5.74, 6) is -1.11. The largest absolute Gasteiger partial charge is 0.444 e. The molecule has 2 rings (SSSR count). The number of aryl methyl sites for hydroxylation is 3. The molecule has 4 N–H and O–H groups in total. The average molecular weight is 485 g/mol. The van der Waals surface area contributed by atoms with Crippen LogP contribution in [0.25, 0.3) is 0 Å². The van der Waals surface area contributed by atoms with Gasteiger partial charge in [-0.05, 0) is 64.7 Å². The highest BCUT2D eigenvalue weighted by atomic mass is 16.6. The number of alkyl carbamates (subject to hydrolysis) is 1. The molecule has 1 aromatic carbocycles. The maximum Gasteiger partial charge on any atom is 0.408 e. The molecule has 0 atom stereocenters. The Labute approximate surface area is 206 Å². The van der Waals surface area contributed by atoms with E-state index in [1.54, 1.807) is 20.8 Å². The predicted molar refractivity (Wildman–Crippen MR) is 136 cm³/mol. The van der Waals surface area contributed by atoms with Gasteiger partial charge >= 0.3 is 6.09 Å². The van der Waals surface area contributed by atoms with E-state index in [0.29, 0.717) is 12.8 Å². The van der Waals surface area contributed by atoms with Gasteiger partial charge in [0.05, 0.1) is 6.54 Å². The minimum atomic E-state index is -0.730. The molecule has 190 valence electrons. The van der Waals surface area contributed by atoms with E-state index in [1.165, 1.54) is 0 Å². The second-order valence-corrected chi connectivity index (χ2v) is 9.62. The molecular formula is C26H36N4O5. The lowest BCUT2D eigenvalue weighted by molar-refractivity contribution is -0.123. The van der Waals surface area contributed by atoms with Crippen LogP contribution >= 0.6 is 0 Å². The van der Waals surface area contributed by atoms with Crippen LogP contribution in [-0.4, -0.2) is 41.6 Å². The first-order chi connectivity index (χ1) is 16.3. The molecule has 0 aliphatic rings. The van der Waals surface area contributed by atoms with Crippen LogP contribution in [-0.2, 0) is 27.2 Å². The average Bonchev–Trinajstić information content (AvgIpc) is 2.71. The number of H-pyrrole nitrogens is 1. The fourth-order valence-electron chi connectivity index (χ4n) is 3.90. The highest BCUT2D eigenvalue weighted by Gasteiger charge is 2.19. The zero-order valence-corrected chi connectivity index (χ0v) is 21.6. The number of carbonyl (C=O) groups is 3. The van der Waals surface area contributed by atoms with Crippen molar-refractivity contribution in [2.24, 2.45) is 0 Å². The lowest BCUT2D eigenvalue weighted by Crippen LogP contribution is -2.42. The summed E-state index contributed by atoms with van der Waals surface area (Å²) in [6.07, 6.45) is 0.433. The van der Waals surface area contributed by atoms with Crippen molar-refractivity contribution < 1.29 is 19.1 Å². The van der Waals surface area contributed by atoms with Crippen molar-refractivity contribution in [3.8, 4) is 0 Å². The third-order valence-electron chi connectivity index (χ3n) is 5.17. The second kappa shape index (κ2) is 11.7. The van der Waals surface area contributed by atoms with Crippen LogP contribution < -0.4 is 21.5 Å². The maximum atomic E-state index is 12.8. The number of anilines is 1. The number of ether oxygens (including phenoxy) is 1. The van der Waals surface area contributed by atoms with E-state index in [9.17, 15) is 19.2 Å². The van der Waals surface area contributed by atoms with Crippen molar-refractivity contribution in [2.45, 2.75) is 66.9 Å². The molecule has 0 aliphatic carbocycles. The Morgan fingerprint density at radius 1 is 0.914 bits per heavy atom. The van der Waals surface area contributed by atoms with Gasteiger partial charge in [0.2, 0.25) is 11.8 Å². The summed E-state index contributed by atoms with van der Waals surface area (Å²) in [5.41, 5.74) is 4.85. The molecule has 1 aromatic heterocycles. The van der Waals surface area contributed by atoms with Gasteiger partial charge in [-0.15, -0.1) is 0 Å². The van der Waals surface area contributed by atoms with E-state index in [-0.39, 0.29) is 18.8 Å². The molecule has 9 nitrogen and oxygen atoms in total. The van der Waals surface area contributed by atoms with Gasteiger partial charge in [0, 0.05) is 12.1 Å². The molecule has 0 saturated heterocycles. The summed E-state index contributed by atoms with van der Waals surface area (Å²) < 4.78 is 5.07. The van der Waals surface area contributed by atoms with Gasteiger partial charge in [-0.3, -0.25) is 14.4 Å². The van der Waals surface area contributed by atoms with Crippen molar-refractivity contribution >= 4 is 23.6 Å². The number of rotatable bonds is 8. The smallest absolute Gasteiger partial charge is 0.408 e. The first-order valence-corrected chi connectivity index (χ1v) is 11.6. The van der Waals surface area contributed by atoms with Crippen LogP contribution in [0.1, 0.15) is 61.2 Å². The molecule has 35 heavy (non-hydrogen) atoms. The van der Waals surface area contributed by atoms with Gasteiger partial charge in [0.25, 0.3) is 5.56 Å². The fraction of sp³-hybridized carbons (Fsp3) is 0.462. The standard InChI is InChI=1S/C26H36N4O5/c1-8-19-17(4)29-24(33)23(20(19)12-18-10-15(2)9-16(3)11-18)30-22(32)14-27-21(31)13-28-25(34)35-26(5,6)7/h9-11H,8,12-14H2,1-7H3,(H,27,31)(H,28,34)(H,29,33)(H,30,32). The highest BCUT2D eigenvalue weighted by molar-refractivity contribution is 5.95. The summed E-state index contributed by atoms with van der Waals surface area (Å²) in [4.78, 5) is 51.9. The normalized spacial score (nSPS) is 11.1. The monoisotopic (exact) mass is 484 g/mol. The first-order valence-electron chi connectivity index (χ1n) is 11.6. The number of carbonyl (C=O) groups excluding carboxylic acids is 3. The summed E-state index contributed by atoms with van der Waals surface area (Å²) in [6.45, 7) is 12.3. The fourth-order valence-corrected chi connectivity index (χ4v) is 3.90.